The minimum absolute atomic E-state index is 0.201. The third-order valence-electron chi connectivity index (χ3n) is 2.48. The number of rotatable bonds is 5. The Balaban J connectivity index is 1.92. The van der Waals surface area contributed by atoms with Crippen LogP contribution in [-0.4, -0.2) is 21.4 Å². The molecule has 0 aliphatic rings. The second-order valence-corrected chi connectivity index (χ2v) is 7.57. The van der Waals surface area contributed by atoms with E-state index >= 15 is 0 Å². The van der Waals surface area contributed by atoms with Gasteiger partial charge in [0.05, 0.1) is 0 Å². The fraction of sp³-hybridized carbons (Fsp3) is 0.267. The second kappa shape index (κ2) is 7.38. The molecule has 0 radical (unpaired) electrons. The molecule has 0 saturated carbocycles. The van der Waals surface area contributed by atoms with Crippen molar-refractivity contribution < 1.29 is 4.79 Å². The predicted molar refractivity (Wildman–Crippen MR) is 89.7 cm³/mol. The van der Waals surface area contributed by atoms with E-state index in [9.17, 15) is 4.79 Å². The van der Waals surface area contributed by atoms with Crippen LogP contribution in [0.15, 0.2) is 34.7 Å². The zero-order chi connectivity index (χ0) is 15.2. The lowest BCUT2D eigenvalue weighted by Gasteiger charge is -1.97. The van der Waals surface area contributed by atoms with Gasteiger partial charge in [-0.05, 0) is 18.6 Å². The molecule has 4 nitrogen and oxygen atoms in total. The van der Waals surface area contributed by atoms with E-state index in [0.29, 0.717) is 10.4 Å². The van der Waals surface area contributed by atoms with Crippen molar-refractivity contribution in [3.63, 3.8) is 0 Å². The van der Waals surface area contributed by atoms with Crippen molar-refractivity contribution in [3.8, 4) is 0 Å². The van der Waals surface area contributed by atoms with Gasteiger partial charge in [-0.15, -0.1) is 10.2 Å². The lowest BCUT2D eigenvalue weighted by Crippen LogP contribution is -2.07. The summed E-state index contributed by atoms with van der Waals surface area (Å²) in [6, 6.07) is 7.97. The molecule has 0 bridgehead atoms. The van der Waals surface area contributed by atoms with Gasteiger partial charge < -0.3 is 0 Å². The molecule has 0 unspecified atom stereocenters. The molecule has 0 saturated heterocycles. The van der Waals surface area contributed by atoms with Gasteiger partial charge in [-0.3, -0.25) is 10.1 Å². The number of nitrogens with zero attached hydrogens (tertiary/aromatic N) is 2. The summed E-state index contributed by atoms with van der Waals surface area (Å²) in [6.45, 7) is 6.21. The summed E-state index contributed by atoms with van der Waals surface area (Å²) in [5.74, 6) is -0.201. The average molecular weight is 319 g/mol. The maximum atomic E-state index is 11.8. The van der Waals surface area contributed by atoms with Crippen LogP contribution < -0.4 is 5.32 Å². The fourth-order valence-electron chi connectivity index (χ4n) is 1.51. The Bertz CT molecular complexity index is 633. The first-order valence-corrected chi connectivity index (χ1v) is 8.28. The van der Waals surface area contributed by atoms with E-state index in [4.69, 9.17) is 0 Å². The van der Waals surface area contributed by atoms with Crippen LogP contribution in [0.4, 0.5) is 5.13 Å². The van der Waals surface area contributed by atoms with Crippen LogP contribution in [0.3, 0.4) is 0 Å². The molecule has 6 heteroatoms. The number of aromatic nitrogens is 2. The van der Waals surface area contributed by atoms with Crippen molar-refractivity contribution in [2.75, 3.05) is 5.32 Å². The Hall–Kier alpha value is -1.66. The number of nitrogens with one attached hydrogen (secondary N) is 1. The highest BCUT2D eigenvalue weighted by molar-refractivity contribution is 8.01. The Morgan fingerprint density at radius 3 is 2.67 bits per heavy atom. The van der Waals surface area contributed by atoms with E-state index in [1.54, 1.807) is 17.8 Å². The lowest BCUT2D eigenvalue weighted by atomic mass is 10.1. The summed E-state index contributed by atoms with van der Waals surface area (Å²) in [6.07, 6.45) is 3.28. The Kier molecular flexibility index (Phi) is 5.52. The van der Waals surface area contributed by atoms with E-state index < -0.39 is 0 Å². The summed E-state index contributed by atoms with van der Waals surface area (Å²) in [5.41, 5.74) is 2.18. The summed E-state index contributed by atoms with van der Waals surface area (Å²) < 4.78 is 0.864. The van der Waals surface area contributed by atoms with Gasteiger partial charge in [0.2, 0.25) is 11.0 Å². The average Bonchev–Trinajstić information content (AvgIpc) is 2.84. The van der Waals surface area contributed by atoms with Crippen molar-refractivity contribution in [3.05, 3.63) is 41.5 Å². The molecule has 1 aromatic carbocycles. The number of benzene rings is 1. The summed E-state index contributed by atoms with van der Waals surface area (Å²) >= 11 is 3.02. The Morgan fingerprint density at radius 1 is 1.29 bits per heavy atom. The van der Waals surface area contributed by atoms with Crippen LogP contribution in [0, 0.1) is 6.92 Å². The molecule has 1 N–H and O–H groups in total. The molecule has 2 aromatic rings. The van der Waals surface area contributed by atoms with Crippen LogP contribution in [0.1, 0.15) is 25.0 Å². The molecule has 2 rings (SSSR count). The highest BCUT2D eigenvalue weighted by Gasteiger charge is 2.08. The molecule has 1 heterocycles. The van der Waals surface area contributed by atoms with Crippen LogP contribution in [-0.2, 0) is 4.79 Å². The predicted octanol–water partition coefficient (Wildman–Crippen LogP) is 4.00. The van der Waals surface area contributed by atoms with E-state index in [1.165, 1.54) is 23.0 Å². The van der Waals surface area contributed by atoms with E-state index in [2.05, 4.69) is 29.4 Å². The number of carbonyl (C=O) groups is 1. The molecule has 1 amide bonds. The SMILES string of the molecule is Cc1ccc(/C=C/C(=O)Nc2nnc(SC(C)C)s2)cc1. The van der Waals surface area contributed by atoms with Gasteiger partial charge in [-0.2, -0.15) is 0 Å². The molecule has 0 atom stereocenters. The van der Waals surface area contributed by atoms with E-state index in [0.717, 1.165) is 9.90 Å². The number of aryl methyl sites for hydroxylation is 1. The van der Waals surface area contributed by atoms with Crippen LogP contribution in [0.5, 0.6) is 0 Å². The van der Waals surface area contributed by atoms with E-state index in [1.807, 2.05) is 31.2 Å². The summed E-state index contributed by atoms with van der Waals surface area (Å²) in [7, 11) is 0. The van der Waals surface area contributed by atoms with Gasteiger partial charge in [0.15, 0.2) is 4.34 Å². The van der Waals surface area contributed by atoms with Crippen LogP contribution >= 0.6 is 23.1 Å². The molecule has 1 aromatic heterocycles. The van der Waals surface area contributed by atoms with Gasteiger partial charge >= 0.3 is 0 Å². The Morgan fingerprint density at radius 2 is 2.00 bits per heavy atom. The molecule has 21 heavy (non-hydrogen) atoms. The highest BCUT2D eigenvalue weighted by Crippen LogP contribution is 2.28. The normalized spacial score (nSPS) is 11.2. The number of anilines is 1. The first kappa shape index (κ1) is 15.7. The highest BCUT2D eigenvalue weighted by atomic mass is 32.2. The van der Waals surface area contributed by atoms with E-state index in [-0.39, 0.29) is 5.91 Å². The maximum Gasteiger partial charge on any atom is 0.250 e. The summed E-state index contributed by atoms with van der Waals surface area (Å²) in [5, 5.41) is 11.7. The molecule has 0 spiro atoms. The maximum absolute atomic E-state index is 11.8. The fourth-order valence-corrected chi connectivity index (χ4v) is 3.48. The van der Waals surface area contributed by atoms with Gasteiger partial charge in [0.25, 0.3) is 0 Å². The summed E-state index contributed by atoms with van der Waals surface area (Å²) in [4.78, 5) is 11.8. The third-order valence-corrected chi connectivity index (χ3v) is 4.40. The number of hydrogen-bond donors (Lipinski definition) is 1. The van der Waals surface area contributed by atoms with Gasteiger partial charge in [0, 0.05) is 11.3 Å². The van der Waals surface area contributed by atoms with Crippen LogP contribution in [0.25, 0.3) is 6.08 Å². The van der Waals surface area contributed by atoms with Gasteiger partial charge in [-0.1, -0.05) is 66.8 Å². The standard InChI is InChI=1S/C15H17N3OS2/c1-10(2)20-15-18-17-14(21-15)16-13(19)9-8-12-6-4-11(3)5-7-12/h4-10H,1-3H3,(H,16,17,19)/b9-8+. The molecular weight excluding hydrogens is 302 g/mol. The topological polar surface area (TPSA) is 54.9 Å². The quantitative estimate of drug-likeness (QED) is 0.514. The van der Waals surface area contributed by atoms with Crippen molar-refractivity contribution >= 4 is 40.2 Å². The minimum atomic E-state index is -0.201. The van der Waals surface area contributed by atoms with Gasteiger partial charge in [0.1, 0.15) is 0 Å². The number of amides is 1. The molecule has 0 aliphatic heterocycles. The largest absolute Gasteiger partial charge is 0.297 e. The van der Waals surface area contributed by atoms with Crippen molar-refractivity contribution in [2.45, 2.75) is 30.4 Å². The van der Waals surface area contributed by atoms with Crippen molar-refractivity contribution in [1.29, 1.82) is 0 Å². The third kappa shape index (κ3) is 5.32. The molecular formula is C15H17N3OS2. The van der Waals surface area contributed by atoms with Crippen LogP contribution in [0.2, 0.25) is 0 Å². The monoisotopic (exact) mass is 319 g/mol. The molecule has 0 aliphatic carbocycles. The van der Waals surface area contributed by atoms with Crippen molar-refractivity contribution in [1.82, 2.24) is 10.2 Å². The molecule has 110 valence electrons. The van der Waals surface area contributed by atoms with Crippen molar-refractivity contribution in [2.24, 2.45) is 0 Å². The molecule has 0 fully saturated rings. The van der Waals surface area contributed by atoms with Gasteiger partial charge in [-0.25, -0.2) is 0 Å². The first-order chi connectivity index (χ1) is 10.0. The number of hydrogen-bond acceptors (Lipinski definition) is 5. The number of carbonyl (C=O) groups excluding carboxylic acids is 1. The number of thioether (sulfide) groups is 1. The zero-order valence-electron chi connectivity index (χ0n) is 12.2. The second-order valence-electron chi connectivity index (χ2n) is 4.77. The Labute approximate surface area is 132 Å². The lowest BCUT2D eigenvalue weighted by molar-refractivity contribution is -0.111. The first-order valence-electron chi connectivity index (χ1n) is 6.59. The zero-order valence-corrected chi connectivity index (χ0v) is 13.8. The minimum Gasteiger partial charge on any atom is -0.297 e. The smallest absolute Gasteiger partial charge is 0.250 e.